The molecule has 1 aliphatic heterocycles. The highest BCUT2D eigenvalue weighted by Gasteiger charge is 2.34. The van der Waals surface area contributed by atoms with Gasteiger partial charge in [0, 0.05) is 53.8 Å². The molecule has 236 valence electrons. The van der Waals surface area contributed by atoms with Crippen LogP contribution in [0.15, 0.2) is 72.0 Å². The van der Waals surface area contributed by atoms with Gasteiger partial charge in [-0.15, -0.1) is 0 Å². The van der Waals surface area contributed by atoms with Gasteiger partial charge in [-0.25, -0.2) is 23.2 Å². The molecule has 1 atom stereocenters. The van der Waals surface area contributed by atoms with Crippen LogP contribution in [0.4, 0.5) is 16.4 Å². The second-order valence-electron chi connectivity index (χ2n) is 12.0. The molecule has 3 heterocycles. The number of likely N-dealkylation sites (tertiary alicyclic amines) is 1. The Balaban J connectivity index is 1.13. The minimum atomic E-state index is -3.60. The summed E-state index contributed by atoms with van der Waals surface area (Å²) < 4.78 is 32.0. The lowest BCUT2D eigenvalue weighted by atomic mass is 10.1. The van der Waals surface area contributed by atoms with E-state index in [2.05, 4.69) is 25.6 Å². The Morgan fingerprint density at radius 1 is 1.02 bits per heavy atom. The number of carbonyl (C=O) groups is 2. The molecule has 0 saturated carbocycles. The van der Waals surface area contributed by atoms with Crippen LogP contribution in [0.25, 0.3) is 23.1 Å². The van der Waals surface area contributed by atoms with Gasteiger partial charge in [0.15, 0.2) is 9.84 Å². The number of H-pyrrole nitrogens is 1. The predicted octanol–water partition coefficient (Wildman–Crippen LogP) is 5.55. The summed E-state index contributed by atoms with van der Waals surface area (Å²) in [4.78, 5) is 38.7. The van der Waals surface area contributed by atoms with Crippen molar-refractivity contribution in [1.82, 2.24) is 25.2 Å². The largest absolute Gasteiger partial charge is 0.444 e. The van der Waals surface area contributed by atoms with Crippen molar-refractivity contribution in [3.8, 4) is 0 Å². The van der Waals surface area contributed by atoms with Crippen LogP contribution in [0.1, 0.15) is 51.7 Å². The Bertz CT molecular complexity index is 1790. The van der Waals surface area contributed by atoms with E-state index in [4.69, 9.17) is 4.74 Å². The van der Waals surface area contributed by atoms with Gasteiger partial charge >= 0.3 is 6.09 Å². The first kappa shape index (κ1) is 31.7. The Labute approximate surface area is 263 Å². The Morgan fingerprint density at radius 3 is 2.38 bits per heavy atom. The minimum absolute atomic E-state index is 0.219. The number of nitrogens with zero attached hydrogens (tertiary/aromatic N) is 3. The fourth-order valence-corrected chi connectivity index (χ4v) is 6.92. The SMILES string of the molecule is C[C@H](NC(=O)OC(C)(C)C)C(=O)N1CCC(S(=O)(=O)c2ccc(Nc3ncc(/C=C/c4cccc5[nH]ccc45)cn3)cc2)CC1. The average molecular weight is 631 g/mol. The van der Waals surface area contributed by atoms with E-state index in [1.165, 1.54) is 0 Å². The summed E-state index contributed by atoms with van der Waals surface area (Å²) in [5.74, 6) is 0.121. The summed E-state index contributed by atoms with van der Waals surface area (Å²) in [7, 11) is -3.60. The fraction of sp³-hybridized carbons (Fsp3) is 0.333. The Morgan fingerprint density at radius 2 is 1.71 bits per heavy atom. The number of fused-ring (bicyclic) bond motifs is 1. The van der Waals surface area contributed by atoms with Gasteiger partial charge in [0.2, 0.25) is 11.9 Å². The normalized spacial score (nSPS) is 15.2. The van der Waals surface area contributed by atoms with Crippen LogP contribution in [0, 0.1) is 0 Å². The number of ether oxygens (including phenoxy) is 1. The third-order valence-electron chi connectivity index (χ3n) is 7.49. The van der Waals surface area contributed by atoms with E-state index in [0.29, 0.717) is 24.5 Å². The van der Waals surface area contributed by atoms with Crippen LogP contribution in [0.3, 0.4) is 0 Å². The van der Waals surface area contributed by atoms with Crippen molar-refractivity contribution >= 4 is 56.5 Å². The summed E-state index contributed by atoms with van der Waals surface area (Å²) in [5.41, 5.74) is 2.99. The fourth-order valence-electron chi connectivity index (χ4n) is 5.19. The summed E-state index contributed by atoms with van der Waals surface area (Å²) >= 11 is 0. The smallest absolute Gasteiger partial charge is 0.408 e. The molecule has 1 saturated heterocycles. The highest BCUT2D eigenvalue weighted by Crippen LogP contribution is 2.27. The number of aromatic nitrogens is 3. The van der Waals surface area contributed by atoms with E-state index in [1.54, 1.807) is 69.3 Å². The predicted molar refractivity (Wildman–Crippen MR) is 175 cm³/mol. The second-order valence-corrected chi connectivity index (χ2v) is 14.3. The van der Waals surface area contributed by atoms with Gasteiger partial charge in [-0.1, -0.05) is 24.3 Å². The monoisotopic (exact) mass is 630 g/mol. The number of rotatable bonds is 8. The summed E-state index contributed by atoms with van der Waals surface area (Å²) in [6.45, 7) is 7.39. The summed E-state index contributed by atoms with van der Waals surface area (Å²) in [6.07, 6.45) is 9.26. The van der Waals surface area contributed by atoms with Crippen molar-refractivity contribution in [1.29, 1.82) is 0 Å². The molecule has 45 heavy (non-hydrogen) atoms. The van der Waals surface area contributed by atoms with E-state index in [1.807, 2.05) is 42.6 Å². The molecule has 0 unspecified atom stereocenters. The standard InChI is InChI=1S/C33H38N6O5S/c1-22(37-32(41)44-33(2,3)4)30(40)39-18-15-27(16-19-39)45(42,43)26-12-10-25(11-13-26)38-31-35-20-23(21-36-31)8-9-24-6-5-7-29-28(24)14-17-34-29/h5-14,17,20-22,27,34H,15-16,18-19H2,1-4H3,(H,37,41)(H,35,36,38)/b9-8+/t22-/m0/s1. The van der Waals surface area contributed by atoms with Crippen LogP contribution in [-0.2, 0) is 19.4 Å². The van der Waals surface area contributed by atoms with E-state index in [9.17, 15) is 18.0 Å². The van der Waals surface area contributed by atoms with Gasteiger partial charge in [0.05, 0.1) is 10.1 Å². The van der Waals surface area contributed by atoms with Gasteiger partial charge in [-0.3, -0.25) is 4.79 Å². The molecule has 0 spiro atoms. The number of anilines is 2. The zero-order valence-electron chi connectivity index (χ0n) is 25.8. The number of amides is 2. The van der Waals surface area contributed by atoms with E-state index < -0.39 is 32.8 Å². The summed E-state index contributed by atoms with van der Waals surface area (Å²) in [5, 5.41) is 6.19. The third kappa shape index (κ3) is 7.88. The number of piperidine rings is 1. The number of sulfone groups is 1. The topological polar surface area (TPSA) is 146 Å². The van der Waals surface area contributed by atoms with E-state index in [-0.39, 0.29) is 23.9 Å². The zero-order chi connectivity index (χ0) is 32.2. The number of nitrogens with one attached hydrogen (secondary N) is 3. The first-order valence-electron chi connectivity index (χ1n) is 14.8. The number of alkyl carbamates (subject to hydrolysis) is 1. The molecule has 1 fully saturated rings. The van der Waals surface area contributed by atoms with Crippen molar-refractivity contribution in [2.75, 3.05) is 18.4 Å². The molecule has 2 aromatic heterocycles. The Kier molecular flexibility index (Phi) is 9.24. The van der Waals surface area contributed by atoms with E-state index in [0.717, 1.165) is 22.0 Å². The van der Waals surface area contributed by atoms with Gasteiger partial charge in [0.1, 0.15) is 11.6 Å². The van der Waals surface area contributed by atoms with Gasteiger partial charge < -0.3 is 25.3 Å². The summed E-state index contributed by atoms with van der Waals surface area (Å²) in [6, 6.07) is 13.8. The third-order valence-corrected chi connectivity index (χ3v) is 9.77. The molecule has 0 bridgehead atoms. The van der Waals surface area contributed by atoms with Crippen molar-refractivity contribution in [3.05, 3.63) is 78.2 Å². The molecule has 1 aliphatic rings. The van der Waals surface area contributed by atoms with Crippen LogP contribution in [0.2, 0.25) is 0 Å². The highest BCUT2D eigenvalue weighted by molar-refractivity contribution is 7.92. The minimum Gasteiger partial charge on any atom is -0.444 e. The van der Waals surface area contributed by atoms with Gasteiger partial charge in [0.25, 0.3) is 0 Å². The first-order valence-corrected chi connectivity index (χ1v) is 16.4. The number of hydrogen-bond acceptors (Lipinski definition) is 8. The molecule has 0 aliphatic carbocycles. The maximum Gasteiger partial charge on any atom is 0.408 e. The molecule has 11 nitrogen and oxygen atoms in total. The van der Waals surface area contributed by atoms with Crippen LogP contribution in [0.5, 0.6) is 0 Å². The highest BCUT2D eigenvalue weighted by atomic mass is 32.2. The molecule has 5 rings (SSSR count). The molecule has 12 heteroatoms. The number of benzene rings is 2. The van der Waals surface area contributed by atoms with E-state index >= 15 is 0 Å². The first-order chi connectivity index (χ1) is 21.4. The maximum absolute atomic E-state index is 13.4. The van der Waals surface area contributed by atoms with Gasteiger partial charge in [-0.05, 0) is 82.5 Å². The molecular weight excluding hydrogens is 592 g/mol. The van der Waals surface area contributed by atoms with Crippen molar-refractivity contribution in [2.24, 2.45) is 0 Å². The molecule has 2 aromatic carbocycles. The van der Waals surface area contributed by atoms with Crippen LogP contribution >= 0.6 is 0 Å². The van der Waals surface area contributed by atoms with Crippen LogP contribution in [-0.4, -0.2) is 70.3 Å². The second kappa shape index (κ2) is 13.1. The molecular formula is C33H38N6O5S. The van der Waals surface area contributed by atoms with Crippen LogP contribution < -0.4 is 10.6 Å². The Hall–Kier alpha value is -4.71. The average Bonchev–Trinajstić information content (AvgIpc) is 3.49. The zero-order valence-corrected chi connectivity index (χ0v) is 26.6. The molecule has 3 N–H and O–H groups in total. The lowest BCUT2D eigenvalue weighted by Crippen LogP contribution is -2.51. The lowest BCUT2D eigenvalue weighted by molar-refractivity contribution is -0.133. The number of hydrogen-bond donors (Lipinski definition) is 3. The van der Waals surface area contributed by atoms with Gasteiger partial charge in [-0.2, -0.15) is 0 Å². The molecule has 0 radical (unpaired) electrons. The number of carbonyl (C=O) groups excluding carboxylic acids is 2. The van der Waals surface area contributed by atoms with Crippen molar-refractivity contribution in [3.63, 3.8) is 0 Å². The quantitative estimate of drug-likeness (QED) is 0.230. The lowest BCUT2D eigenvalue weighted by Gasteiger charge is -2.33. The molecule has 4 aromatic rings. The van der Waals surface area contributed by atoms with Crippen molar-refractivity contribution in [2.45, 2.75) is 62.3 Å². The maximum atomic E-state index is 13.4. The molecule has 2 amide bonds. The number of aromatic amines is 1. The van der Waals surface area contributed by atoms with Crippen molar-refractivity contribution < 1.29 is 22.7 Å².